The SMILES string of the molecule is CN(C(=O)OC(C)(C)C)c1cccc(OCCCN(Cc2cccc(C(F)(F)F)c2Cl)CC(c2ccccc2)c2ccccc2)c1. The Bertz CT molecular complexity index is 1520. The minimum Gasteiger partial charge on any atom is -0.493 e. The number of nitrogens with zero attached hydrogens (tertiary/aromatic N) is 2. The average Bonchev–Trinajstić information content (AvgIpc) is 3.02. The smallest absolute Gasteiger partial charge is 0.417 e. The number of alkyl halides is 3. The quantitative estimate of drug-likeness (QED) is 0.143. The standard InChI is InChI=1S/C37H40ClF3N2O3/c1-36(2,3)46-35(44)42(4)30-19-12-20-31(24-30)45-23-13-22-43(25-29-18-11-21-33(34(29)38)37(39,40)41)26-32(27-14-7-5-8-15-27)28-16-9-6-10-17-28/h5-12,14-21,24,32H,13,22-23,25-26H2,1-4H3. The fourth-order valence-corrected chi connectivity index (χ4v) is 5.42. The average molecular weight is 653 g/mol. The van der Waals surface area contributed by atoms with E-state index in [-0.39, 0.29) is 17.5 Å². The van der Waals surface area contributed by atoms with Crippen LogP contribution in [-0.4, -0.2) is 43.3 Å². The summed E-state index contributed by atoms with van der Waals surface area (Å²) in [6, 6.07) is 31.4. The summed E-state index contributed by atoms with van der Waals surface area (Å²) in [6.07, 6.45) is -4.42. The van der Waals surface area contributed by atoms with E-state index in [0.29, 0.717) is 43.1 Å². The molecule has 0 saturated carbocycles. The topological polar surface area (TPSA) is 42.0 Å². The molecule has 244 valence electrons. The minimum atomic E-state index is -4.55. The van der Waals surface area contributed by atoms with E-state index < -0.39 is 23.4 Å². The Labute approximate surface area is 274 Å². The second kappa shape index (κ2) is 15.5. The molecule has 0 heterocycles. The highest BCUT2D eigenvalue weighted by Gasteiger charge is 2.34. The van der Waals surface area contributed by atoms with Crippen molar-refractivity contribution in [2.45, 2.75) is 51.4 Å². The normalized spacial score (nSPS) is 12.0. The maximum atomic E-state index is 13.7. The van der Waals surface area contributed by atoms with Crippen molar-refractivity contribution in [2.75, 3.05) is 31.6 Å². The molecular weight excluding hydrogens is 613 g/mol. The molecule has 0 aliphatic heterocycles. The van der Waals surface area contributed by atoms with Crippen molar-refractivity contribution in [3.63, 3.8) is 0 Å². The van der Waals surface area contributed by atoms with E-state index in [1.54, 1.807) is 31.3 Å². The van der Waals surface area contributed by atoms with E-state index in [1.165, 1.54) is 11.0 Å². The van der Waals surface area contributed by atoms with Crippen molar-refractivity contribution < 1.29 is 27.4 Å². The number of anilines is 1. The Morgan fingerprint density at radius 2 is 1.46 bits per heavy atom. The molecule has 0 saturated heterocycles. The highest BCUT2D eigenvalue weighted by Crippen LogP contribution is 2.37. The van der Waals surface area contributed by atoms with Crippen LogP contribution in [0.4, 0.5) is 23.7 Å². The Balaban J connectivity index is 1.51. The Hall–Kier alpha value is -4.01. The molecule has 0 bridgehead atoms. The molecule has 0 unspecified atom stereocenters. The first-order valence-electron chi connectivity index (χ1n) is 15.2. The van der Waals surface area contributed by atoms with Crippen molar-refractivity contribution in [2.24, 2.45) is 0 Å². The van der Waals surface area contributed by atoms with Crippen molar-refractivity contribution in [1.29, 1.82) is 0 Å². The zero-order valence-corrected chi connectivity index (χ0v) is 27.3. The highest BCUT2D eigenvalue weighted by atomic mass is 35.5. The van der Waals surface area contributed by atoms with Gasteiger partial charge < -0.3 is 9.47 Å². The maximum Gasteiger partial charge on any atom is 0.417 e. The summed E-state index contributed by atoms with van der Waals surface area (Å²) in [6.45, 7) is 7.11. The van der Waals surface area contributed by atoms with Crippen LogP contribution >= 0.6 is 11.6 Å². The first-order chi connectivity index (χ1) is 21.8. The van der Waals surface area contributed by atoms with Gasteiger partial charge in [0.25, 0.3) is 0 Å². The number of benzene rings is 4. The van der Waals surface area contributed by atoms with Gasteiger partial charge in [-0.05, 0) is 62.1 Å². The van der Waals surface area contributed by atoms with Gasteiger partial charge >= 0.3 is 12.3 Å². The van der Waals surface area contributed by atoms with Crippen molar-refractivity contribution >= 4 is 23.4 Å². The van der Waals surface area contributed by atoms with Gasteiger partial charge in [0.15, 0.2) is 0 Å². The summed E-state index contributed by atoms with van der Waals surface area (Å²) < 4.78 is 52.6. The van der Waals surface area contributed by atoms with Gasteiger partial charge in [0, 0.05) is 38.7 Å². The van der Waals surface area contributed by atoms with Gasteiger partial charge in [-0.3, -0.25) is 9.80 Å². The lowest BCUT2D eigenvalue weighted by Gasteiger charge is -2.29. The molecule has 0 radical (unpaired) electrons. The van der Waals surface area contributed by atoms with Gasteiger partial charge in [0.1, 0.15) is 11.4 Å². The number of ether oxygens (including phenoxy) is 2. The van der Waals surface area contributed by atoms with Crippen molar-refractivity contribution in [1.82, 2.24) is 4.90 Å². The molecule has 0 atom stereocenters. The van der Waals surface area contributed by atoms with Crippen molar-refractivity contribution in [3.05, 3.63) is 130 Å². The van der Waals surface area contributed by atoms with Crippen LogP contribution in [0, 0.1) is 0 Å². The number of carbonyl (C=O) groups excluding carboxylic acids is 1. The Morgan fingerprint density at radius 3 is 2.04 bits per heavy atom. The summed E-state index contributed by atoms with van der Waals surface area (Å²) in [5.41, 5.74) is 1.79. The molecule has 4 aromatic carbocycles. The molecule has 9 heteroatoms. The second-order valence-electron chi connectivity index (χ2n) is 12.1. The van der Waals surface area contributed by atoms with E-state index in [4.69, 9.17) is 21.1 Å². The van der Waals surface area contributed by atoms with E-state index in [2.05, 4.69) is 29.2 Å². The number of amides is 1. The minimum absolute atomic E-state index is 0.0204. The molecule has 0 spiro atoms. The molecule has 4 aromatic rings. The Kier molecular flexibility index (Phi) is 11.8. The lowest BCUT2D eigenvalue weighted by atomic mass is 9.90. The molecular formula is C37H40ClF3N2O3. The third-order valence-electron chi connectivity index (χ3n) is 7.38. The molecule has 46 heavy (non-hydrogen) atoms. The fraction of sp³-hybridized carbons (Fsp3) is 0.324. The first kappa shape index (κ1) is 34.9. The van der Waals surface area contributed by atoms with E-state index in [9.17, 15) is 18.0 Å². The predicted molar refractivity (Wildman–Crippen MR) is 178 cm³/mol. The molecule has 0 aliphatic carbocycles. The van der Waals surface area contributed by atoms with Crippen LogP contribution in [0.1, 0.15) is 55.4 Å². The van der Waals surface area contributed by atoms with E-state index in [1.807, 2.05) is 63.2 Å². The monoisotopic (exact) mass is 652 g/mol. The number of rotatable bonds is 12. The molecule has 0 N–H and O–H groups in total. The van der Waals surface area contributed by atoms with Crippen molar-refractivity contribution in [3.8, 4) is 5.75 Å². The fourth-order valence-electron chi connectivity index (χ4n) is 5.12. The Morgan fingerprint density at radius 1 is 0.848 bits per heavy atom. The maximum absolute atomic E-state index is 13.7. The molecule has 0 aliphatic rings. The summed E-state index contributed by atoms with van der Waals surface area (Å²) in [4.78, 5) is 16.1. The second-order valence-corrected chi connectivity index (χ2v) is 12.5. The number of hydrogen-bond donors (Lipinski definition) is 0. The van der Waals surface area contributed by atoms with Crippen LogP contribution in [0.15, 0.2) is 103 Å². The zero-order chi connectivity index (χ0) is 33.3. The van der Waals surface area contributed by atoms with Gasteiger partial charge in [-0.1, -0.05) is 90.5 Å². The van der Waals surface area contributed by atoms with Gasteiger partial charge in [-0.15, -0.1) is 0 Å². The van der Waals surface area contributed by atoms with Crippen LogP contribution in [0.5, 0.6) is 5.75 Å². The highest BCUT2D eigenvalue weighted by molar-refractivity contribution is 6.32. The first-order valence-corrected chi connectivity index (χ1v) is 15.6. The number of hydrogen-bond acceptors (Lipinski definition) is 4. The van der Waals surface area contributed by atoms with Crippen LogP contribution < -0.4 is 9.64 Å². The van der Waals surface area contributed by atoms with Gasteiger partial charge in [-0.2, -0.15) is 13.2 Å². The van der Waals surface area contributed by atoms with Crippen LogP contribution in [0.25, 0.3) is 0 Å². The zero-order valence-electron chi connectivity index (χ0n) is 26.6. The van der Waals surface area contributed by atoms with E-state index >= 15 is 0 Å². The van der Waals surface area contributed by atoms with Gasteiger partial charge in [0.05, 0.1) is 22.9 Å². The molecule has 0 aromatic heterocycles. The summed E-state index contributed by atoms with van der Waals surface area (Å²) >= 11 is 6.34. The number of carbonyl (C=O) groups is 1. The summed E-state index contributed by atoms with van der Waals surface area (Å²) in [7, 11) is 1.64. The van der Waals surface area contributed by atoms with E-state index in [0.717, 1.165) is 17.2 Å². The van der Waals surface area contributed by atoms with Crippen LogP contribution in [0.2, 0.25) is 5.02 Å². The molecule has 0 fully saturated rings. The third-order valence-corrected chi connectivity index (χ3v) is 7.83. The predicted octanol–water partition coefficient (Wildman–Crippen LogP) is 9.83. The number of halogens is 4. The van der Waals surface area contributed by atoms with Gasteiger partial charge in [0.2, 0.25) is 0 Å². The lowest BCUT2D eigenvalue weighted by Crippen LogP contribution is -2.34. The lowest BCUT2D eigenvalue weighted by molar-refractivity contribution is -0.137. The largest absolute Gasteiger partial charge is 0.493 e. The summed E-state index contributed by atoms with van der Waals surface area (Å²) in [5, 5.41) is -0.279. The molecule has 5 nitrogen and oxygen atoms in total. The molecule has 1 amide bonds. The third kappa shape index (κ3) is 9.99. The van der Waals surface area contributed by atoms with Gasteiger partial charge in [-0.25, -0.2) is 4.79 Å². The van der Waals surface area contributed by atoms with Crippen LogP contribution in [-0.2, 0) is 17.5 Å². The summed E-state index contributed by atoms with van der Waals surface area (Å²) in [5.74, 6) is 0.569. The molecule has 4 rings (SSSR count). The van der Waals surface area contributed by atoms with Crippen LogP contribution in [0.3, 0.4) is 0 Å².